The fraction of sp³-hybridized carbons (Fsp3) is 0.654. The molecule has 0 aromatic heterocycles. The molecule has 8 nitrogen and oxygen atoms in total. The Labute approximate surface area is 202 Å². The van der Waals surface area contributed by atoms with E-state index in [4.69, 9.17) is 0 Å². The molecule has 0 saturated heterocycles. The molecule has 1 amide bonds. The first-order chi connectivity index (χ1) is 16.4. The highest BCUT2D eigenvalue weighted by atomic mass is 16.4. The minimum absolute atomic E-state index is 0.110. The number of aliphatic hydroxyl groups is 5. The number of benzene rings is 1. The first-order valence-electron chi connectivity index (χ1n) is 12.5. The van der Waals surface area contributed by atoms with Crippen molar-refractivity contribution in [3.8, 4) is 0 Å². The van der Waals surface area contributed by atoms with Gasteiger partial charge in [-0.15, -0.1) is 0 Å². The molecule has 0 spiro atoms. The standard InChI is InChI=1S/C26H42N2O6/c1-2-3-4-5-6-7-11-14-22(30)28-21(23(31)18-12-9-8-10-13-18)16-27-20-15-19(17-29)24(32)26(34)25(20)33/h8-10,12-13,15,20-21,23-27,29,31-34H,2-7,11,14,16-17H2,1H3,(H,28,30)/t20-,21+,23+,24-,25-,26+/m1/s1. The molecule has 0 heterocycles. The smallest absolute Gasteiger partial charge is 0.220 e. The van der Waals surface area contributed by atoms with Crippen LogP contribution in [-0.2, 0) is 4.79 Å². The minimum atomic E-state index is -1.45. The van der Waals surface area contributed by atoms with Gasteiger partial charge in [0.1, 0.15) is 24.4 Å². The maximum absolute atomic E-state index is 12.6. The van der Waals surface area contributed by atoms with Crippen molar-refractivity contribution in [3.05, 3.63) is 47.5 Å². The van der Waals surface area contributed by atoms with Gasteiger partial charge in [0, 0.05) is 13.0 Å². The van der Waals surface area contributed by atoms with E-state index in [0.717, 1.165) is 19.3 Å². The van der Waals surface area contributed by atoms with Crippen molar-refractivity contribution in [2.75, 3.05) is 13.2 Å². The van der Waals surface area contributed by atoms with E-state index < -0.39 is 43.1 Å². The number of carbonyl (C=O) groups is 1. The SMILES string of the molecule is CCCCCCCCCC(=O)N[C@@H](CN[C@@H]1C=C(CO)[C@@H](O)[C@H](O)[C@@H]1O)[C@@H](O)c1ccccc1. The third kappa shape index (κ3) is 8.76. The molecule has 2 rings (SSSR count). The average molecular weight is 479 g/mol. The van der Waals surface area contributed by atoms with Crippen LogP contribution in [0.5, 0.6) is 0 Å². The predicted octanol–water partition coefficient (Wildman–Crippen LogP) is 1.32. The summed E-state index contributed by atoms with van der Waals surface area (Å²) in [4.78, 5) is 12.6. The maximum Gasteiger partial charge on any atom is 0.220 e. The summed E-state index contributed by atoms with van der Waals surface area (Å²) >= 11 is 0. The number of hydrogen-bond donors (Lipinski definition) is 7. The molecule has 192 valence electrons. The number of carbonyl (C=O) groups excluding carboxylic acids is 1. The minimum Gasteiger partial charge on any atom is -0.392 e. The number of nitrogens with one attached hydrogen (secondary N) is 2. The quantitative estimate of drug-likeness (QED) is 0.149. The van der Waals surface area contributed by atoms with Gasteiger partial charge in [-0.3, -0.25) is 4.79 Å². The normalized spacial score (nSPS) is 24.4. The van der Waals surface area contributed by atoms with Gasteiger partial charge in [-0.25, -0.2) is 0 Å². The lowest BCUT2D eigenvalue weighted by Gasteiger charge is -2.36. The van der Waals surface area contributed by atoms with Crippen molar-refractivity contribution >= 4 is 5.91 Å². The van der Waals surface area contributed by atoms with Crippen LogP contribution in [0.3, 0.4) is 0 Å². The van der Waals surface area contributed by atoms with Crippen LogP contribution < -0.4 is 10.6 Å². The molecule has 1 aliphatic rings. The largest absolute Gasteiger partial charge is 0.392 e. The van der Waals surface area contributed by atoms with Crippen LogP contribution in [0.4, 0.5) is 0 Å². The van der Waals surface area contributed by atoms with E-state index in [0.29, 0.717) is 12.0 Å². The molecule has 1 aromatic carbocycles. The molecule has 1 aliphatic carbocycles. The Balaban J connectivity index is 1.97. The summed E-state index contributed by atoms with van der Waals surface area (Å²) in [6, 6.07) is 7.57. The van der Waals surface area contributed by atoms with Gasteiger partial charge in [-0.05, 0) is 17.6 Å². The second-order valence-electron chi connectivity index (χ2n) is 9.16. The molecule has 34 heavy (non-hydrogen) atoms. The highest BCUT2D eigenvalue weighted by Gasteiger charge is 2.37. The highest BCUT2D eigenvalue weighted by molar-refractivity contribution is 5.76. The lowest BCUT2D eigenvalue weighted by molar-refractivity contribution is -0.122. The Morgan fingerprint density at radius 1 is 0.971 bits per heavy atom. The van der Waals surface area contributed by atoms with E-state index in [9.17, 15) is 30.3 Å². The Hall–Kier alpha value is -1.81. The summed E-state index contributed by atoms with van der Waals surface area (Å²) in [6.45, 7) is 1.84. The van der Waals surface area contributed by atoms with Gasteiger partial charge < -0.3 is 36.2 Å². The molecule has 0 unspecified atom stereocenters. The zero-order valence-corrected chi connectivity index (χ0v) is 20.1. The number of rotatable bonds is 15. The van der Waals surface area contributed by atoms with Crippen LogP contribution in [0.15, 0.2) is 42.0 Å². The summed E-state index contributed by atoms with van der Waals surface area (Å²) in [5.74, 6) is -0.151. The van der Waals surface area contributed by atoms with Gasteiger partial charge in [-0.1, -0.05) is 81.9 Å². The molecule has 7 N–H and O–H groups in total. The molecule has 0 fully saturated rings. The third-order valence-corrected chi connectivity index (χ3v) is 6.45. The van der Waals surface area contributed by atoms with Gasteiger partial charge >= 0.3 is 0 Å². The molecule has 6 atom stereocenters. The van der Waals surface area contributed by atoms with Crippen molar-refractivity contribution in [1.82, 2.24) is 10.6 Å². The molecule has 8 heteroatoms. The van der Waals surface area contributed by atoms with Gasteiger partial charge in [0.15, 0.2) is 0 Å². The second-order valence-corrected chi connectivity index (χ2v) is 9.16. The maximum atomic E-state index is 12.6. The van der Waals surface area contributed by atoms with Crippen molar-refractivity contribution in [2.24, 2.45) is 0 Å². The number of hydrogen-bond acceptors (Lipinski definition) is 7. The van der Waals surface area contributed by atoms with Crippen LogP contribution in [0, 0.1) is 0 Å². The van der Waals surface area contributed by atoms with Crippen molar-refractivity contribution in [2.45, 2.75) is 94.8 Å². The van der Waals surface area contributed by atoms with Gasteiger partial charge in [-0.2, -0.15) is 0 Å². The summed E-state index contributed by atoms with van der Waals surface area (Å²) in [7, 11) is 0. The molecule has 0 saturated carbocycles. The molecule has 0 radical (unpaired) electrons. The van der Waals surface area contributed by atoms with E-state index in [2.05, 4.69) is 17.6 Å². The van der Waals surface area contributed by atoms with Gasteiger partial charge in [0.05, 0.1) is 18.7 Å². The van der Waals surface area contributed by atoms with Crippen molar-refractivity contribution < 1.29 is 30.3 Å². The van der Waals surface area contributed by atoms with E-state index in [-0.39, 0.29) is 18.0 Å². The van der Waals surface area contributed by atoms with Crippen molar-refractivity contribution in [1.29, 1.82) is 0 Å². The first kappa shape index (κ1) is 28.4. The Morgan fingerprint density at radius 2 is 1.62 bits per heavy atom. The molecule has 1 aromatic rings. The van der Waals surface area contributed by atoms with Crippen LogP contribution in [0.25, 0.3) is 0 Å². The Morgan fingerprint density at radius 3 is 2.26 bits per heavy atom. The zero-order valence-electron chi connectivity index (χ0n) is 20.1. The molecular weight excluding hydrogens is 436 g/mol. The van der Waals surface area contributed by atoms with Crippen LogP contribution in [0.1, 0.15) is 70.0 Å². The van der Waals surface area contributed by atoms with Crippen LogP contribution >= 0.6 is 0 Å². The average Bonchev–Trinajstić information content (AvgIpc) is 2.85. The van der Waals surface area contributed by atoms with Crippen LogP contribution in [-0.4, -0.2) is 75.0 Å². The molecule has 0 aliphatic heterocycles. The summed E-state index contributed by atoms with van der Waals surface area (Å²) in [5.41, 5.74) is 0.857. The fourth-order valence-corrected chi connectivity index (χ4v) is 4.28. The highest BCUT2D eigenvalue weighted by Crippen LogP contribution is 2.21. The molecule has 0 bridgehead atoms. The monoisotopic (exact) mass is 478 g/mol. The summed E-state index contributed by atoms with van der Waals surface area (Å²) in [6.07, 6.45) is 4.52. The van der Waals surface area contributed by atoms with E-state index >= 15 is 0 Å². The van der Waals surface area contributed by atoms with Crippen LogP contribution in [0.2, 0.25) is 0 Å². The third-order valence-electron chi connectivity index (χ3n) is 6.45. The number of aliphatic hydroxyl groups excluding tert-OH is 5. The lowest BCUT2D eigenvalue weighted by Crippen LogP contribution is -2.56. The first-order valence-corrected chi connectivity index (χ1v) is 12.5. The summed E-state index contributed by atoms with van der Waals surface area (Å²) < 4.78 is 0. The molecular formula is C26H42N2O6. The van der Waals surface area contributed by atoms with E-state index in [1.807, 2.05) is 18.2 Å². The number of amides is 1. The summed E-state index contributed by atoms with van der Waals surface area (Å²) in [5, 5.41) is 56.7. The topological polar surface area (TPSA) is 142 Å². The van der Waals surface area contributed by atoms with Gasteiger partial charge in [0.25, 0.3) is 0 Å². The Bertz CT molecular complexity index is 744. The predicted molar refractivity (Wildman–Crippen MR) is 131 cm³/mol. The Kier molecular flexibility index (Phi) is 12.7. The zero-order chi connectivity index (χ0) is 24.9. The van der Waals surface area contributed by atoms with Gasteiger partial charge in [0.2, 0.25) is 5.91 Å². The van der Waals surface area contributed by atoms with E-state index in [1.54, 1.807) is 12.1 Å². The lowest BCUT2D eigenvalue weighted by atomic mass is 9.88. The second kappa shape index (κ2) is 15.2. The number of unbranched alkanes of at least 4 members (excludes halogenated alkanes) is 6. The van der Waals surface area contributed by atoms with E-state index in [1.165, 1.54) is 31.8 Å². The fourth-order valence-electron chi connectivity index (χ4n) is 4.28. The van der Waals surface area contributed by atoms with Crippen molar-refractivity contribution in [3.63, 3.8) is 0 Å².